The first-order valence-electron chi connectivity index (χ1n) is 7.12. The predicted molar refractivity (Wildman–Crippen MR) is 83.7 cm³/mol. The van der Waals surface area contributed by atoms with E-state index in [1.165, 1.54) is 17.7 Å². The molecule has 21 heavy (non-hydrogen) atoms. The fourth-order valence-corrected chi connectivity index (χ4v) is 3.07. The monoisotopic (exact) mass is 305 g/mol. The van der Waals surface area contributed by atoms with Gasteiger partial charge in [0.15, 0.2) is 0 Å². The number of nitrogens with zero attached hydrogens (tertiary/aromatic N) is 1. The molecule has 2 aromatic carbocycles. The van der Waals surface area contributed by atoms with Crippen molar-refractivity contribution in [1.82, 2.24) is 0 Å². The van der Waals surface area contributed by atoms with Crippen LogP contribution in [0, 0.1) is 5.82 Å². The van der Waals surface area contributed by atoms with Gasteiger partial charge in [-0.1, -0.05) is 23.7 Å². The average Bonchev–Trinajstić information content (AvgIpc) is 2.48. The number of hydrogen-bond acceptors (Lipinski definition) is 2. The largest absolute Gasteiger partial charge is 0.508 e. The Morgan fingerprint density at radius 2 is 1.71 bits per heavy atom. The molecule has 1 saturated heterocycles. The average molecular weight is 306 g/mol. The summed E-state index contributed by atoms with van der Waals surface area (Å²) in [5.41, 5.74) is 1.87. The van der Waals surface area contributed by atoms with Crippen LogP contribution in [0.25, 0.3) is 0 Å². The molecule has 1 fully saturated rings. The number of rotatable bonds is 2. The molecule has 0 bridgehead atoms. The lowest BCUT2D eigenvalue weighted by Gasteiger charge is -2.34. The van der Waals surface area contributed by atoms with Crippen molar-refractivity contribution in [3.63, 3.8) is 0 Å². The lowest BCUT2D eigenvalue weighted by molar-refractivity contribution is 0.466. The zero-order valence-corrected chi connectivity index (χ0v) is 12.4. The van der Waals surface area contributed by atoms with Gasteiger partial charge >= 0.3 is 0 Å². The first-order chi connectivity index (χ1) is 10.1. The lowest BCUT2D eigenvalue weighted by atomic mass is 9.89. The second kappa shape index (κ2) is 5.94. The van der Waals surface area contributed by atoms with Crippen molar-refractivity contribution in [2.75, 3.05) is 18.0 Å². The minimum absolute atomic E-state index is 0.0349. The third kappa shape index (κ3) is 3.13. The Labute approximate surface area is 128 Å². The molecule has 1 heterocycles. The van der Waals surface area contributed by atoms with Gasteiger partial charge in [-0.3, -0.25) is 0 Å². The number of phenols is 1. The van der Waals surface area contributed by atoms with Crippen molar-refractivity contribution in [1.29, 1.82) is 0 Å². The van der Waals surface area contributed by atoms with E-state index >= 15 is 0 Å². The number of halogens is 2. The highest BCUT2D eigenvalue weighted by molar-refractivity contribution is 6.30. The van der Waals surface area contributed by atoms with Crippen molar-refractivity contribution in [3.05, 3.63) is 58.9 Å². The SMILES string of the molecule is Oc1ccc(N2CCC(c3ccc(Cl)cc3)CC2)c(F)c1. The summed E-state index contributed by atoms with van der Waals surface area (Å²) < 4.78 is 13.9. The van der Waals surface area contributed by atoms with Gasteiger partial charge in [-0.15, -0.1) is 0 Å². The number of benzene rings is 2. The van der Waals surface area contributed by atoms with Crippen LogP contribution in [-0.4, -0.2) is 18.2 Å². The van der Waals surface area contributed by atoms with E-state index in [1.54, 1.807) is 6.07 Å². The first kappa shape index (κ1) is 14.2. The van der Waals surface area contributed by atoms with Crippen LogP contribution in [0.5, 0.6) is 5.75 Å². The molecule has 0 radical (unpaired) electrons. The normalized spacial score (nSPS) is 16.2. The van der Waals surface area contributed by atoms with E-state index < -0.39 is 0 Å². The quantitative estimate of drug-likeness (QED) is 0.878. The Morgan fingerprint density at radius 1 is 1.05 bits per heavy atom. The van der Waals surface area contributed by atoms with Gasteiger partial charge in [0.25, 0.3) is 0 Å². The first-order valence-corrected chi connectivity index (χ1v) is 7.50. The molecule has 110 valence electrons. The Kier molecular flexibility index (Phi) is 4.02. The zero-order chi connectivity index (χ0) is 14.8. The van der Waals surface area contributed by atoms with Gasteiger partial charge in [-0.25, -0.2) is 4.39 Å². The number of hydrogen-bond donors (Lipinski definition) is 1. The van der Waals surface area contributed by atoms with Gasteiger partial charge in [0.05, 0.1) is 5.69 Å². The molecule has 0 aliphatic carbocycles. The molecule has 1 aliphatic rings. The maximum atomic E-state index is 13.9. The second-order valence-electron chi connectivity index (χ2n) is 5.45. The predicted octanol–water partition coefficient (Wildman–Crippen LogP) is 4.57. The van der Waals surface area contributed by atoms with E-state index in [4.69, 9.17) is 11.6 Å². The third-order valence-corrected chi connectivity index (χ3v) is 4.36. The molecule has 0 saturated carbocycles. The second-order valence-corrected chi connectivity index (χ2v) is 5.89. The fourth-order valence-electron chi connectivity index (χ4n) is 2.94. The Bertz CT molecular complexity index is 621. The molecule has 0 unspecified atom stereocenters. The zero-order valence-electron chi connectivity index (χ0n) is 11.6. The van der Waals surface area contributed by atoms with Crippen LogP contribution in [0.2, 0.25) is 5.02 Å². The van der Waals surface area contributed by atoms with Crippen molar-refractivity contribution in [2.45, 2.75) is 18.8 Å². The number of anilines is 1. The highest BCUT2D eigenvalue weighted by Crippen LogP contribution is 2.32. The van der Waals surface area contributed by atoms with E-state index in [-0.39, 0.29) is 11.6 Å². The van der Waals surface area contributed by atoms with Crippen molar-refractivity contribution in [3.8, 4) is 5.75 Å². The molecule has 2 aromatic rings. The maximum Gasteiger partial charge on any atom is 0.150 e. The summed E-state index contributed by atoms with van der Waals surface area (Å²) in [6.45, 7) is 1.63. The molecule has 0 spiro atoms. The van der Waals surface area contributed by atoms with Crippen LogP contribution in [0.4, 0.5) is 10.1 Å². The summed E-state index contributed by atoms with van der Waals surface area (Å²) in [7, 11) is 0. The molecule has 1 N–H and O–H groups in total. The summed E-state index contributed by atoms with van der Waals surface area (Å²) >= 11 is 5.91. The van der Waals surface area contributed by atoms with Crippen LogP contribution in [0.3, 0.4) is 0 Å². The highest BCUT2D eigenvalue weighted by atomic mass is 35.5. The molecule has 0 aromatic heterocycles. The van der Waals surface area contributed by atoms with Gasteiger partial charge in [-0.05, 0) is 48.6 Å². The molecule has 4 heteroatoms. The fraction of sp³-hybridized carbons (Fsp3) is 0.294. The maximum absolute atomic E-state index is 13.9. The summed E-state index contributed by atoms with van der Waals surface area (Å²) in [5.74, 6) is 0.103. The van der Waals surface area contributed by atoms with Crippen molar-refractivity contribution in [2.24, 2.45) is 0 Å². The molecule has 2 nitrogen and oxygen atoms in total. The minimum Gasteiger partial charge on any atom is -0.508 e. The van der Waals surface area contributed by atoms with Gasteiger partial charge in [0.1, 0.15) is 11.6 Å². The molecule has 0 amide bonds. The summed E-state index contributed by atoms with van der Waals surface area (Å²) in [6.07, 6.45) is 1.98. The van der Waals surface area contributed by atoms with Crippen LogP contribution in [0.15, 0.2) is 42.5 Å². The summed E-state index contributed by atoms with van der Waals surface area (Å²) in [4.78, 5) is 2.04. The van der Waals surface area contributed by atoms with Crippen LogP contribution in [0.1, 0.15) is 24.3 Å². The molecule has 3 rings (SSSR count). The standard InChI is InChI=1S/C17H17ClFNO/c18-14-3-1-12(2-4-14)13-7-9-20(10-8-13)17-6-5-15(21)11-16(17)19/h1-6,11,13,21H,7-10H2. The minimum atomic E-state index is -0.361. The van der Waals surface area contributed by atoms with Crippen LogP contribution in [-0.2, 0) is 0 Å². The van der Waals surface area contributed by atoms with E-state index in [0.29, 0.717) is 11.6 Å². The van der Waals surface area contributed by atoms with Crippen LogP contribution < -0.4 is 4.90 Å². The lowest BCUT2D eigenvalue weighted by Crippen LogP contribution is -2.33. The smallest absolute Gasteiger partial charge is 0.150 e. The molecular formula is C17H17ClFNO. The number of piperidine rings is 1. The van der Waals surface area contributed by atoms with Gasteiger partial charge in [0.2, 0.25) is 0 Å². The Morgan fingerprint density at radius 3 is 2.33 bits per heavy atom. The van der Waals surface area contributed by atoms with E-state index in [2.05, 4.69) is 12.1 Å². The number of aromatic hydroxyl groups is 1. The highest BCUT2D eigenvalue weighted by Gasteiger charge is 2.22. The van der Waals surface area contributed by atoms with E-state index in [9.17, 15) is 9.50 Å². The Hall–Kier alpha value is -1.74. The van der Waals surface area contributed by atoms with Crippen LogP contribution >= 0.6 is 11.6 Å². The van der Waals surface area contributed by atoms with Gasteiger partial charge < -0.3 is 10.0 Å². The molecule has 1 aliphatic heterocycles. The molecular weight excluding hydrogens is 289 g/mol. The van der Waals surface area contributed by atoms with E-state index in [1.807, 2.05) is 17.0 Å². The summed E-state index contributed by atoms with van der Waals surface area (Å²) in [6, 6.07) is 12.3. The van der Waals surface area contributed by atoms with Crippen molar-refractivity contribution < 1.29 is 9.50 Å². The van der Waals surface area contributed by atoms with Gasteiger partial charge in [-0.2, -0.15) is 0 Å². The summed E-state index contributed by atoms with van der Waals surface area (Å²) in [5, 5.41) is 10.0. The molecule has 0 atom stereocenters. The number of phenolic OH excluding ortho intramolecular Hbond substituents is 1. The van der Waals surface area contributed by atoms with E-state index in [0.717, 1.165) is 31.0 Å². The third-order valence-electron chi connectivity index (χ3n) is 4.11. The van der Waals surface area contributed by atoms with Gasteiger partial charge in [0, 0.05) is 24.2 Å². The van der Waals surface area contributed by atoms with Crippen molar-refractivity contribution >= 4 is 17.3 Å². The Balaban J connectivity index is 1.68. The topological polar surface area (TPSA) is 23.5 Å².